The molecule has 0 radical (unpaired) electrons. The lowest BCUT2D eigenvalue weighted by Gasteiger charge is -2.26. The monoisotopic (exact) mass is 223 g/mol. The number of aromatic nitrogens is 3. The second-order valence-corrected chi connectivity index (χ2v) is 4.68. The van der Waals surface area contributed by atoms with Gasteiger partial charge in [-0.15, -0.1) is 10.2 Å². The third-order valence-corrected chi connectivity index (χ3v) is 3.86. The topological polar surface area (TPSA) is 39.9 Å². The summed E-state index contributed by atoms with van der Waals surface area (Å²) in [5.41, 5.74) is 0.282. The predicted octanol–water partition coefficient (Wildman–Crippen LogP) is 2.15. The molecule has 0 unspecified atom stereocenters. The van der Waals surface area contributed by atoms with Crippen LogP contribution in [0.25, 0.3) is 0 Å². The highest BCUT2D eigenvalue weighted by molar-refractivity contribution is 5.10. The summed E-state index contributed by atoms with van der Waals surface area (Å²) < 4.78 is 7.29. The molecule has 1 saturated carbocycles. The van der Waals surface area contributed by atoms with E-state index in [2.05, 4.69) is 21.7 Å². The van der Waals surface area contributed by atoms with Crippen LogP contribution in [0.2, 0.25) is 0 Å². The van der Waals surface area contributed by atoms with Crippen LogP contribution in [-0.2, 0) is 16.7 Å². The van der Waals surface area contributed by atoms with Crippen molar-refractivity contribution in [1.29, 1.82) is 0 Å². The van der Waals surface area contributed by atoms with E-state index in [-0.39, 0.29) is 5.41 Å². The van der Waals surface area contributed by atoms with Gasteiger partial charge in [-0.2, -0.15) is 0 Å². The Kier molecular flexibility index (Phi) is 3.59. The van der Waals surface area contributed by atoms with Crippen molar-refractivity contribution in [1.82, 2.24) is 14.8 Å². The Morgan fingerprint density at radius 1 is 1.44 bits per heavy atom. The zero-order chi connectivity index (χ0) is 11.4. The van der Waals surface area contributed by atoms with E-state index in [1.54, 1.807) is 7.11 Å². The Morgan fingerprint density at radius 3 is 2.81 bits per heavy atom. The predicted molar refractivity (Wildman–Crippen MR) is 62.3 cm³/mol. The van der Waals surface area contributed by atoms with Crippen LogP contribution in [0.15, 0.2) is 6.33 Å². The van der Waals surface area contributed by atoms with Crippen molar-refractivity contribution in [3.05, 3.63) is 12.2 Å². The van der Waals surface area contributed by atoms with Gasteiger partial charge in [0.2, 0.25) is 0 Å². The first-order valence-electron chi connectivity index (χ1n) is 6.19. The van der Waals surface area contributed by atoms with Crippen molar-refractivity contribution in [2.45, 2.75) is 51.0 Å². The van der Waals surface area contributed by atoms with Crippen LogP contribution < -0.4 is 0 Å². The van der Waals surface area contributed by atoms with Crippen molar-refractivity contribution >= 4 is 0 Å². The normalized spacial score (nSPS) is 19.1. The minimum absolute atomic E-state index is 0.282. The molecule has 0 saturated heterocycles. The number of hydrogen-bond acceptors (Lipinski definition) is 3. The van der Waals surface area contributed by atoms with Crippen molar-refractivity contribution in [3.8, 4) is 0 Å². The van der Waals surface area contributed by atoms with Gasteiger partial charge in [-0.05, 0) is 19.3 Å². The molecule has 1 aliphatic carbocycles. The highest BCUT2D eigenvalue weighted by Crippen LogP contribution is 2.42. The molecule has 1 aromatic rings. The van der Waals surface area contributed by atoms with Crippen molar-refractivity contribution in [2.24, 2.45) is 0 Å². The quantitative estimate of drug-likeness (QED) is 0.768. The average Bonchev–Trinajstić information content (AvgIpc) is 2.95. The first kappa shape index (κ1) is 11.6. The molecule has 4 nitrogen and oxygen atoms in total. The lowest BCUT2D eigenvalue weighted by atomic mass is 9.82. The van der Waals surface area contributed by atoms with Gasteiger partial charge in [0.25, 0.3) is 0 Å². The van der Waals surface area contributed by atoms with Crippen LogP contribution in [-0.4, -0.2) is 28.5 Å². The molecule has 0 aromatic carbocycles. The van der Waals surface area contributed by atoms with Crippen molar-refractivity contribution in [2.75, 3.05) is 13.7 Å². The molecule has 0 aliphatic heterocycles. The minimum atomic E-state index is 0.282. The molecule has 90 valence electrons. The maximum atomic E-state index is 5.12. The zero-order valence-electron chi connectivity index (χ0n) is 10.3. The van der Waals surface area contributed by atoms with Crippen LogP contribution in [0.3, 0.4) is 0 Å². The van der Waals surface area contributed by atoms with Crippen LogP contribution in [0, 0.1) is 0 Å². The van der Waals surface area contributed by atoms with E-state index in [0.717, 1.165) is 13.2 Å². The van der Waals surface area contributed by atoms with Crippen LogP contribution in [0.4, 0.5) is 0 Å². The molecule has 1 fully saturated rings. The van der Waals surface area contributed by atoms with E-state index in [1.165, 1.54) is 37.9 Å². The maximum Gasteiger partial charge on any atom is 0.139 e. The fourth-order valence-corrected chi connectivity index (χ4v) is 2.81. The largest absolute Gasteiger partial charge is 0.383 e. The summed E-state index contributed by atoms with van der Waals surface area (Å²) in [6.07, 6.45) is 8.17. The van der Waals surface area contributed by atoms with Gasteiger partial charge < -0.3 is 9.30 Å². The van der Waals surface area contributed by atoms with Crippen LogP contribution in [0.1, 0.15) is 44.9 Å². The van der Waals surface area contributed by atoms with E-state index in [4.69, 9.17) is 4.74 Å². The third kappa shape index (κ3) is 1.98. The smallest absolute Gasteiger partial charge is 0.139 e. The standard InChI is InChI=1S/C12H21N3O/c1-3-12(6-4-5-7-12)11-14-13-10-15(11)8-9-16-2/h10H,3-9H2,1-2H3. The third-order valence-electron chi connectivity index (χ3n) is 3.86. The van der Waals surface area contributed by atoms with E-state index < -0.39 is 0 Å². The van der Waals surface area contributed by atoms with E-state index in [0.29, 0.717) is 0 Å². The molecule has 1 heterocycles. The van der Waals surface area contributed by atoms with Gasteiger partial charge in [-0.25, -0.2) is 0 Å². The van der Waals surface area contributed by atoms with E-state index in [9.17, 15) is 0 Å². The fraction of sp³-hybridized carbons (Fsp3) is 0.833. The maximum absolute atomic E-state index is 5.12. The molecular weight excluding hydrogens is 202 g/mol. The molecule has 0 bridgehead atoms. The van der Waals surface area contributed by atoms with E-state index in [1.807, 2.05) is 6.33 Å². The Balaban J connectivity index is 2.21. The van der Waals surface area contributed by atoms with Gasteiger partial charge in [0.1, 0.15) is 12.2 Å². The fourth-order valence-electron chi connectivity index (χ4n) is 2.81. The van der Waals surface area contributed by atoms with Gasteiger partial charge in [0.05, 0.1) is 6.61 Å². The van der Waals surface area contributed by atoms with Gasteiger partial charge in [-0.3, -0.25) is 0 Å². The molecule has 1 aliphatic rings. The SMILES string of the molecule is CCC1(c2nncn2CCOC)CCCC1. The summed E-state index contributed by atoms with van der Waals surface area (Å²) in [5, 5.41) is 8.42. The Hall–Kier alpha value is -0.900. The first-order chi connectivity index (χ1) is 7.82. The lowest BCUT2D eigenvalue weighted by molar-refractivity contribution is 0.184. The van der Waals surface area contributed by atoms with Crippen LogP contribution in [0.5, 0.6) is 0 Å². The minimum Gasteiger partial charge on any atom is -0.383 e. The van der Waals surface area contributed by atoms with Gasteiger partial charge in [0.15, 0.2) is 0 Å². The Labute approximate surface area is 97.0 Å². The summed E-state index contributed by atoms with van der Waals surface area (Å²) in [4.78, 5) is 0. The number of hydrogen-bond donors (Lipinski definition) is 0. The second kappa shape index (κ2) is 4.95. The highest BCUT2D eigenvalue weighted by atomic mass is 16.5. The molecule has 0 spiro atoms. The summed E-state index contributed by atoms with van der Waals surface area (Å²) in [6, 6.07) is 0. The summed E-state index contributed by atoms with van der Waals surface area (Å²) >= 11 is 0. The lowest BCUT2D eigenvalue weighted by Crippen LogP contribution is -2.26. The van der Waals surface area contributed by atoms with E-state index >= 15 is 0 Å². The van der Waals surface area contributed by atoms with Gasteiger partial charge in [0, 0.05) is 19.1 Å². The first-order valence-corrected chi connectivity index (χ1v) is 6.19. The molecule has 0 atom stereocenters. The van der Waals surface area contributed by atoms with Gasteiger partial charge in [-0.1, -0.05) is 19.8 Å². The Bertz CT molecular complexity index is 329. The van der Waals surface area contributed by atoms with Gasteiger partial charge >= 0.3 is 0 Å². The highest BCUT2D eigenvalue weighted by Gasteiger charge is 2.37. The molecule has 0 amide bonds. The number of ether oxygens (including phenoxy) is 1. The van der Waals surface area contributed by atoms with Crippen LogP contribution >= 0.6 is 0 Å². The average molecular weight is 223 g/mol. The number of methoxy groups -OCH3 is 1. The molecule has 16 heavy (non-hydrogen) atoms. The second-order valence-electron chi connectivity index (χ2n) is 4.68. The van der Waals surface area contributed by atoms with Crippen molar-refractivity contribution < 1.29 is 4.74 Å². The van der Waals surface area contributed by atoms with Crippen molar-refractivity contribution in [3.63, 3.8) is 0 Å². The molecule has 4 heteroatoms. The molecule has 2 rings (SSSR count). The molecule has 0 N–H and O–H groups in total. The Morgan fingerprint density at radius 2 is 2.19 bits per heavy atom. The summed E-state index contributed by atoms with van der Waals surface area (Å²) in [6.45, 7) is 3.85. The number of nitrogens with zero attached hydrogens (tertiary/aromatic N) is 3. The summed E-state index contributed by atoms with van der Waals surface area (Å²) in [7, 11) is 1.73. The zero-order valence-corrected chi connectivity index (χ0v) is 10.3. The molecular formula is C12H21N3O. The number of rotatable bonds is 5. The summed E-state index contributed by atoms with van der Waals surface area (Å²) in [5.74, 6) is 1.17. The molecule has 1 aromatic heterocycles.